The molecule has 0 N–H and O–H groups in total. The number of hydrogen-bond donors (Lipinski definition) is 0. The van der Waals surface area contributed by atoms with Gasteiger partial charge in [0.2, 0.25) is 0 Å². The van der Waals surface area contributed by atoms with Gasteiger partial charge in [-0.1, -0.05) is 13.8 Å². The van der Waals surface area contributed by atoms with Crippen LogP contribution in [-0.2, 0) is 13.5 Å². The summed E-state index contributed by atoms with van der Waals surface area (Å²) in [6.07, 6.45) is 6.09. The average molecular weight is 201 g/mol. The SMILES string of the molecule is CCC(C)(CCl)Cc1cnn(C)c1. The van der Waals surface area contributed by atoms with Gasteiger partial charge < -0.3 is 0 Å². The van der Waals surface area contributed by atoms with Gasteiger partial charge in [-0.3, -0.25) is 4.68 Å². The Labute approximate surface area is 84.9 Å². The summed E-state index contributed by atoms with van der Waals surface area (Å²) in [6, 6.07) is 0. The van der Waals surface area contributed by atoms with Crippen molar-refractivity contribution in [3.63, 3.8) is 0 Å². The zero-order chi connectivity index (χ0) is 9.90. The largest absolute Gasteiger partial charge is 0.276 e. The summed E-state index contributed by atoms with van der Waals surface area (Å²) >= 11 is 5.94. The summed E-state index contributed by atoms with van der Waals surface area (Å²) in [7, 11) is 1.94. The number of rotatable bonds is 4. The van der Waals surface area contributed by atoms with Crippen molar-refractivity contribution in [2.75, 3.05) is 5.88 Å². The van der Waals surface area contributed by atoms with Crippen molar-refractivity contribution in [3.8, 4) is 0 Å². The minimum absolute atomic E-state index is 0.213. The zero-order valence-electron chi connectivity index (χ0n) is 8.55. The lowest BCUT2D eigenvalue weighted by molar-refractivity contribution is 0.355. The van der Waals surface area contributed by atoms with E-state index in [0.29, 0.717) is 5.88 Å². The molecule has 13 heavy (non-hydrogen) atoms. The monoisotopic (exact) mass is 200 g/mol. The van der Waals surface area contributed by atoms with Gasteiger partial charge in [0.1, 0.15) is 0 Å². The van der Waals surface area contributed by atoms with Crippen LogP contribution >= 0.6 is 11.6 Å². The molecule has 1 atom stereocenters. The molecule has 0 bridgehead atoms. The van der Waals surface area contributed by atoms with Gasteiger partial charge in [0.15, 0.2) is 0 Å². The Morgan fingerprint density at radius 3 is 2.69 bits per heavy atom. The molecule has 0 saturated carbocycles. The topological polar surface area (TPSA) is 17.8 Å². The average Bonchev–Trinajstić information content (AvgIpc) is 2.51. The molecule has 74 valence electrons. The van der Waals surface area contributed by atoms with E-state index in [9.17, 15) is 0 Å². The summed E-state index contributed by atoms with van der Waals surface area (Å²) in [6.45, 7) is 4.39. The predicted molar refractivity (Wildman–Crippen MR) is 56.0 cm³/mol. The Balaban J connectivity index is 2.67. The van der Waals surface area contributed by atoms with Gasteiger partial charge in [-0.15, -0.1) is 11.6 Å². The molecule has 1 unspecified atom stereocenters. The van der Waals surface area contributed by atoms with Gasteiger partial charge in [-0.2, -0.15) is 5.10 Å². The van der Waals surface area contributed by atoms with E-state index < -0.39 is 0 Å². The van der Waals surface area contributed by atoms with Gasteiger partial charge in [-0.05, 0) is 23.8 Å². The van der Waals surface area contributed by atoms with E-state index in [1.807, 2.05) is 17.9 Å². The molecule has 2 nitrogen and oxygen atoms in total. The summed E-state index contributed by atoms with van der Waals surface area (Å²) < 4.78 is 1.83. The van der Waals surface area contributed by atoms with Crippen molar-refractivity contribution in [2.45, 2.75) is 26.7 Å². The van der Waals surface area contributed by atoms with Crippen LogP contribution in [0.4, 0.5) is 0 Å². The summed E-state index contributed by atoms with van der Waals surface area (Å²) in [5, 5.41) is 4.14. The van der Waals surface area contributed by atoms with Crippen LogP contribution in [0.5, 0.6) is 0 Å². The second kappa shape index (κ2) is 4.14. The fourth-order valence-corrected chi connectivity index (χ4v) is 1.61. The van der Waals surface area contributed by atoms with E-state index in [1.54, 1.807) is 0 Å². The van der Waals surface area contributed by atoms with E-state index in [4.69, 9.17) is 11.6 Å². The van der Waals surface area contributed by atoms with Crippen molar-refractivity contribution in [3.05, 3.63) is 18.0 Å². The molecule has 3 heteroatoms. The molecule has 1 rings (SSSR count). The van der Waals surface area contributed by atoms with Crippen LogP contribution in [0.1, 0.15) is 25.8 Å². The van der Waals surface area contributed by atoms with E-state index in [-0.39, 0.29) is 5.41 Å². The van der Waals surface area contributed by atoms with E-state index >= 15 is 0 Å². The molecular weight excluding hydrogens is 184 g/mol. The molecule has 1 heterocycles. The molecular formula is C10H17ClN2. The Hall–Kier alpha value is -0.500. The second-order valence-corrected chi connectivity index (χ2v) is 4.26. The molecule has 1 aromatic rings. The van der Waals surface area contributed by atoms with Gasteiger partial charge in [0.25, 0.3) is 0 Å². The first-order valence-electron chi connectivity index (χ1n) is 4.63. The molecule has 0 aliphatic heterocycles. The molecule has 0 saturated heterocycles. The molecule has 0 aliphatic rings. The molecule has 0 spiro atoms. The van der Waals surface area contributed by atoms with Gasteiger partial charge in [-0.25, -0.2) is 0 Å². The third-order valence-corrected chi connectivity index (χ3v) is 3.21. The van der Waals surface area contributed by atoms with Gasteiger partial charge in [0.05, 0.1) is 6.20 Å². The number of hydrogen-bond acceptors (Lipinski definition) is 1. The van der Waals surface area contributed by atoms with E-state index in [2.05, 4.69) is 25.1 Å². The van der Waals surface area contributed by atoms with Crippen LogP contribution in [-0.4, -0.2) is 15.7 Å². The molecule has 0 fully saturated rings. The third-order valence-electron chi connectivity index (χ3n) is 2.57. The first kappa shape index (κ1) is 10.6. The molecule has 0 radical (unpaired) electrons. The van der Waals surface area contributed by atoms with Crippen LogP contribution in [0.25, 0.3) is 0 Å². The maximum absolute atomic E-state index is 5.94. The van der Waals surface area contributed by atoms with Gasteiger partial charge in [0, 0.05) is 19.1 Å². The lowest BCUT2D eigenvalue weighted by Gasteiger charge is -2.24. The van der Waals surface area contributed by atoms with Crippen molar-refractivity contribution in [1.82, 2.24) is 9.78 Å². The smallest absolute Gasteiger partial charge is 0.0521 e. The van der Waals surface area contributed by atoms with Crippen molar-refractivity contribution in [1.29, 1.82) is 0 Å². The van der Waals surface area contributed by atoms with E-state index in [0.717, 1.165) is 12.8 Å². The number of aromatic nitrogens is 2. The minimum atomic E-state index is 0.213. The maximum Gasteiger partial charge on any atom is 0.0521 e. The highest BCUT2D eigenvalue weighted by atomic mass is 35.5. The number of aryl methyl sites for hydroxylation is 1. The van der Waals surface area contributed by atoms with Gasteiger partial charge >= 0.3 is 0 Å². The standard InChI is InChI=1S/C10H17ClN2/c1-4-10(2,8-11)5-9-6-12-13(3)7-9/h6-7H,4-5,8H2,1-3H3. The fourth-order valence-electron chi connectivity index (χ4n) is 1.32. The number of alkyl halides is 1. The highest BCUT2D eigenvalue weighted by Crippen LogP contribution is 2.27. The molecule has 0 aromatic carbocycles. The third kappa shape index (κ3) is 2.73. The van der Waals surface area contributed by atoms with Crippen molar-refractivity contribution >= 4 is 11.6 Å². The Kier molecular flexibility index (Phi) is 3.37. The summed E-state index contributed by atoms with van der Waals surface area (Å²) in [5.41, 5.74) is 1.48. The Morgan fingerprint density at radius 2 is 2.31 bits per heavy atom. The quantitative estimate of drug-likeness (QED) is 0.684. The van der Waals surface area contributed by atoms with Crippen molar-refractivity contribution < 1.29 is 0 Å². The van der Waals surface area contributed by atoms with E-state index in [1.165, 1.54) is 5.56 Å². The maximum atomic E-state index is 5.94. The van der Waals surface area contributed by atoms with Crippen LogP contribution in [0.2, 0.25) is 0 Å². The zero-order valence-corrected chi connectivity index (χ0v) is 9.30. The molecule has 0 amide bonds. The Bertz CT molecular complexity index is 264. The lowest BCUT2D eigenvalue weighted by Crippen LogP contribution is -2.20. The highest BCUT2D eigenvalue weighted by molar-refractivity contribution is 6.18. The Morgan fingerprint density at radius 1 is 1.62 bits per heavy atom. The lowest BCUT2D eigenvalue weighted by atomic mass is 9.84. The normalized spacial score (nSPS) is 15.7. The number of halogens is 1. The highest BCUT2D eigenvalue weighted by Gasteiger charge is 2.21. The first-order chi connectivity index (χ1) is 6.09. The van der Waals surface area contributed by atoms with Crippen LogP contribution in [0, 0.1) is 5.41 Å². The predicted octanol–water partition coefficient (Wildman–Crippen LogP) is 2.62. The molecule has 0 aliphatic carbocycles. The van der Waals surface area contributed by atoms with Crippen LogP contribution in [0.3, 0.4) is 0 Å². The second-order valence-electron chi connectivity index (χ2n) is 4.00. The summed E-state index contributed by atoms with van der Waals surface area (Å²) in [4.78, 5) is 0. The first-order valence-corrected chi connectivity index (χ1v) is 5.16. The fraction of sp³-hybridized carbons (Fsp3) is 0.700. The van der Waals surface area contributed by atoms with Crippen LogP contribution < -0.4 is 0 Å². The minimum Gasteiger partial charge on any atom is -0.276 e. The number of nitrogens with zero attached hydrogens (tertiary/aromatic N) is 2. The molecule has 1 aromatic heterocycles. The van der Waals surface area contributed by atoms with Crippen LogP contribution in [0.15, 0.2) is 12.4 Å². The summed E-state index contributed by atoms with van der Waals surface area (Å²) in [5.74, 6) is 0.707. The van der Waals surface area contributed by atoms with Crippen molar-refractivity contribution in [2.24, 2.45) is 12.5 Å².